The van der Waals surface area contributed by atoms with E-state index in [1.165, 1.54) is 19.1 Å². The van der Waals surface area contributed by atoms with E-state index in [4.69, 9.17) is 0 Å². The fourth-order valence-corrected chi connectivity index (χ4v) is 4.14. The molecule has 2 aliphatic carbocycles. The summed E-state index contributed by atoms with van der Waals surface area (Å²) in [5.74, 6) is 2.88. The lowest BCUT2D eigenvalue weighted by Crippen LogP contribution is -2.24. The van der Waals surface area contributed by atoms with Crippen molar-refractivity contribution >= 4 is 6.71 Å². The molecule has 0 aromatic heterocycles. The normalized spacial score (nSPS) is 36.9. The Morgan fingerprint density at radius 3 is 2.47 bits per heavy atom. The summed E-state index contributed by atoms with van der Waals surface area (Å²) in [4.78, 5) is 0. The number of fused-ring (bicyclic) bond motifs is 1. The maximum Gasteiger partial charge on any atom is 0.147 e. The first-order valence-electron chi connectivity index (χ1n) is 6.70. The topological polar surface area (TPSA) is 0 Å². The SMILES string of the molecule is CCB(CC)C1C(C)=CC[C@@H]2[C@H]1C2(C)C. The minimum atomic E-state index is 0.627. The molecule has 1 fully saturated rings. The maximum absolute atomic E-state index is 2.53. The quantitative estimate of drug-likeness (QED) is 0.468. The van der Waals surface area contributed by atoms with E-state index in [9.17, 15) is 0 Å². The number of allylic oxidation sites excluding steroid dienone is 2. The minimum Gasteiger partial charge on any atom is -0.0857 e. The molecule has 1 unspecified atom stereocenters. The van der Waals surface area contributed by atoms with Gasteiger partial charge in [0, 0.05) is 0 Å². The summed E-state index contributed by atoms with van der Waals surface area (Å²) in [5.41, 5.74) is 2.32. The van der Waals surface area contributed by atoms with E-state index in [1.54, 1.807) is 5.57 Å². The maximum atomic E-state index is 2.53. The molecule has 0 saturated heterocycles. The summed E-state index contributed by atoms with van der Waals surface area (Å²) >= 11 is 0. The van der Waals surface area contributed by atoms with Gasteiger partial charge in [-0.1, -0.05) is 52.0 Å². The molecule has 1 saturated carbocycles. The van der Waals surface area contributed by atoms with Gasteiger partial charge in [0.2, 0.25) is 0 Å². The Kier molecular flexibility index (Phi) is 2.77. The van der Waals surface area contributed by atoms with Crippen molar-refractivity contribution in [3.8, 4) is 0 Å². The number of hydrogen-bond donors (Lipinski definition) is 0. The Morgan fingerprint density at radius 2 is 1.93 bits per heavy atom. The van der Waals surface area contributed by atoms with Crippen LogP contribution in [0.15, 0.2) is 11.6 Å². The van der Waals surface area contributed by atoms with Crippen LogP contribution >= 0.6 is 0 Å². The molecule has 0 radical (unpaired) electrons. The van der Waals surface area contributed by atoms with Crippen LogP contribution in [-0.2, 0) is 0 Å². The van der Waals surface area contributed by atoms with E-state index in [0.717, 1.165) is 24.4 Å². The zero-order valence-electron chi connectivity index (χ0n) is 11.0. The van der Waals surface area contributed by atoms with Crippen molar-refractivity contribution in [1.82, 2.24) is 0 Å². The second kappa shape index (κ2) is 3.68. The molecule has 15 heavy (non-hydrogen) atoms. The standard InChI is InChI=1S/C14H25B/c1-6-15(7-2)13-10(3)8-9-11-12(13)14(11,4)5/h8,11-13H,6-7,9H2,1-5H3/t11-,12-,13?/m1/s1. The van der Waals surface area contributed by atoms with Gasteiger partial charge in [-0.2, -0.15) is 0 Å². The van der Waals surface area contributed by atoms with Gasteiger partial charge in [0.1, 0.15) is 6.71 Å². The Balaban J connectivity index is 2.21. The van der Waals surface area contributed by atoms with Crippen molar-refractivity contribution < 1.29 is 0 Å². The van der Waals surface area contributed by atoms with Crippen LogP contribution in [0, 0.1) is 17.3 Å². The molecular formula is C14H25B. The monoisotopic (exact) mass is 204 g/mol. The smallest absolute Gasteiger partial charge is 0.0857 e. The van der Waals surface area contributed by atoms with Gasteiger partial charge in [0.05, 0.1) is 0 Å². The molecule has 2 aliphatic rings. The Labute approximate surface area is 95.6 Å². The van der Waals surface area contributed by atoms with Crippen molar-refractivity contribution in [3.63, 3.8) is 0 Å². The lowest BCUT2D eigenvalue weighted by Gasteiger charge is -2.27. The van der Waals surface area contributed by atoms with Crippen LogP contribution in [0.2, 0.25) is 18.5 Å². The van der Waals surface area contributed by atoms with Crippen molar-refractivity contribution in [3.05, 3.63) is 11.6 Å². The van der Waals surface area contributed by atoms with Gasteiger partial charge in [-0.25, -0.2) is 0 Å². The van der Waals surface area contributed by atoms with E-state index in [0.29, 0.717) is 5.41 Å². The molecule has 0 aromatic carbocycles. The molecule has 0 aliphatic heterocycles. The van der Waals surface area contributed by atoms with Crippen molar-refractivity contribution in [2.75, 3.05) is 0 Å². The molecule has 0 heterocycles. The van der Waals surface area contributed by atoms with E-state index < -0.39 is 0 Å². The molecule has 2 rings (SSSR count). The fourth-order valence-electron chi connectivity index (χ4n) is 4.14. The van der Waals surface area contributed by atoms with E-state index in [1.807, 2.05) is 0 Å². The van der Waals surface area contributed by atoms with E-state index in [-0.39, 0.29) is 0 Å². The van der Waals surface area contributed by atoms with Crippen LogP contribution in [0.3, 0.4) is 0 Å². The van der Waals surface area contributed by atoms with Gasteiger partial charge in [0.15, 0.2) is 0 Å². The first-order valence-corrected chi connectivity index (χ1v) is 6.70. The lowest BCUT2D eigenvalue weighted by molar-refractivity contribution is 0.539. The molecule has 0 aromatic rings. The highest BCUT2D eigenvalue weighted by Crippen LogP contribution is 2.69. The minimum absolute atomic E-state index is 0.627. The molecular weight excluding hydrogens is 179 g/mol. The number of rotatable bonds is 3. The van der Waals surface area contributed by atoms with Crippen molar-refractivity contribution in [2.24, 2.45) is 17.3 Å². The van der Waals surface area contributed by atoms with Gasteiger partial charge >= 0.3 is 0 Å². The first kappa shape index (κ1) is 11.3. The second-order valence-electron chi connectivity index (χ2n) is 6.24. The molecule has 1 heteroatoms. The lowest BCUT2D eigenvalue weighted by atomic mass is 9.34. The average Bonchev–Trinajstić information content (AvgIpc) is 2.74. The molecule has 0 nitrogen and oxygen atoms in total. The highest BCUT2D eigenvalue weighted by Gasteiger charge is 2.62. The average molecular weight is 204 g/mol. The van der Waals surface area contributed by atoms with E-state index >= 15 is 0 Å². The van der Waals surface area contributed by atoms with Crippen LogP contribution in [-0.4, -0.2) is 6.71 Å². The molecule has 0 N–H and O–H groups in total. The zero-order valence-corrected chi connectivity index (χ0v) is 11.0. The Bertz CT molecular complexity index is 273. The van der Waals surface area contributed by atoms with Gasteiger partial charge < -0.3 is 0 Å². The summed E-state index contributed by atoms with van der Waals surface area (Å²) in [6, 6.07) is 0. The second-order valence-corrected chi connectivity index (χ2v) is 6.24. The van der Waals surface area contributed by atoms with Crippen LogP contribution in [0.25, 0.3) is 0 Å². The summed E-state index contributed by atoms with van der Waals surface area (Å²) in [6.07, 6.45) is 6.58. The van der Waals surface area contributed by atoms with Crippen LogP contribution in [0.5, 0.6) is 0 Å². The van der Waals surface area contributed by atoms with Gasteiger partial charge in [-0.05, 0) is 36.4 Å². The molecule has 0 amide bonds. The summed E-state index contributed by atoms with van der Waals surface area (Å²) in [7, 11) is 0. The summed E-state index contributed by atoms with van der Waals surface area (Å²) < 4.78 is 0. The van der Waals surface area contributed by atoms with Crippen LogP contribution in [0.4, 0.5) is 0 Å². The largest absolute Gasteiger partial charge is 0.147 e. The number of hydrogen-bond acceptors (Lipinski definition) is 0. The molecule has 84 valence electrons. The van der Waals surface area contributed by atoms with Gasteiger partial charge in [-0.3, -0.25) is 0 Å². The first-order chi connectivity index (χ1) is 7.04. The van der Waals surface area contributed by atoms with Crippen LogP contribution < -0.4 is 0 Å². The Hall–Kier alpha value is -0.195. The van der Waals surface area contributed by atoms with Crippen LogP contribution in [0.1, 0.15) is 41.0 Å². The predicted octanol–water partition coefficient (Wildman–Crippen LogP) is 4.51. The highest BCUT2D eigenvalue weighted by atomic mass is 14.6. The van der Waals surface area contributed by atoms with Crippen molar-refractivity contribution in [1.29, 1.82) is 0 Å². The zero-order chi connectivity index (χ0) is 11.2. The van der Waals surface area contributed by atoms with Gasteiger partial charge in [0.25, 0.3) is 0 Å². The summed E-state index contributed by atoms with van der Waals surface area (Å²) in [6.45, 7) is 13.0. The summed E-state index contributed by atoms with van der Waals surface area (Å²) in [5, 5.41) is 0. The molecule has 0 bridgehead atoms. The Morgan fingerprint density at radius 1 is 1.33 bits per heavy atom. The third kappa shape index (κ3) is 1.59. The molecule has 0 spiro atoms. The van der Waals surface area contributed by atoms with Gasteiger partial charge in [-0.15, -0.1) is 0 Å². The third-order valence-electron chi connectivity index (χ3n) is 5.30. The van der Waals surface area contributed by atoms with Crippen molar-refractivity contribution in [2.45, 2.75) is 59.5 Å². The molecule has 3 atom stereocenters. The predicted molar refractivity (Wildman–Crippen MR) is 69.6 cm³/mol. The highest BCUT2D eigenvalue weighted by molar-refractivity contribution is 6.61. The fraction of sp³-hybridized carbons (Fsp3) is 0.857. The van der Waals surface area contributed by atoms with E-state index in [2.05, 4.69) is 40.7 Å². The third-order valence-corrected chi connectivity index (χ3v) is 5.30.